The normalized spacial score (nSPS) is 21.4. The summed E-state index contributed by atoms with van der Waals surface area (Å²) in [5.74, 6) is 1.69. The zero-order valence-corrected chi connectivity index (χ0v) is 14.0. The molecular weight excluding hydrogens is 285 g/mol. The Morgan fingerprint density at radius 3 is 2.39 bits per heavy atom. The number of allylic oxidation sites excluding steroid dienone is 2. The van der Waals surface area contributed by atoms with Crippen molar-refractivity contribution in [1.82, 2.24) is 0 Å². The van der Waals surface area contributed by atoms with E-state index in [-0.39, 0.29) is 6.67 Å². The molecule has 0 atom stereocenters. The van der Waals surface area contributed by atoms with Crippen molar-refractivity contribution in [3.05, 3.63) is 47.5 Å². The van der Waals surface area contributed by atoms with E-state index in [1.807, 2.05) is 12.1 Å². The maximum Gasteiger partial charge on any atom is 0.0991 e. The van der Waals surface area contributed by atoms with Crippen molar-refractivity contribution in [3.8, 4) is 6.07 Å². The van der Waals surface area contributed by atoms with Crippen molar-refractivity contribution >= 4 is 0 Å². The molecule has 1 nitrogen and oxygen atoms in total. The summed E-state index contributed by atoms with van der Waals surface area (Å²) in [5, 5.41) is 8.82. The molecule has 0 aliphatic heterocycles. The lowest BCUT2D eigenvalue weighted by atomic mass is 9.78. The van der Waals surface area contributed by atoms with Gasteiger partial charge >= 0.3 is 0 Å². The van der Waals surface area contributed by atoms with Crippen LogP contribution in [0.5, 0.6) is 0 Å². The molecule has 23 heavy (non-hydrogen) atoms. The van der Waals surface area contributed by atoms with Gasteiger partial charge in [-0.1, -0.05) is 37.1 Å². The summed E-state index contributed by atoms with van der Waals surface area (Å²) in [5.41, 5.74) is 2.09. The lowest BCUT2D eigenvalue weighted by Crippen LogP contribution is -2.14. The molecule has 124 valence electrons. The first kappa shape index (κ1) is 17.7. The van der Waals surface area contributed by atoms with E-state index in [1.54, 1.807) is 0 Å². The average Bonchev–Trinajstić information content (AvgIpc) is 2.61. The second-order valence-corrected chi connectivity index (χ2v) is 6.77. The van der Waals surface area contributed by atoms with Crippen molar-refractivity contribution in [2.45, 2.75) is 57.8 Å². The molecule has 0 saturated heterocycles. The van der Waals surface area contributed by atoms with E-state index >= 15 is 0 Å². The summed E-state index contributed by atoms with van der Waals surface area (Å²) < 4.78 is 12.0. The maximum absolute atomic E-state index is 12.0. The van der Waals surface area contributed by atoms with Gasteiger partial charge in [0.25, 0.3) is 0 Å². The second-order valence-electron chi connectivity index (χ2n) is 6.77. The van der Waals surface area contributed by atoms with Crippen molar-refractivity contribution in [2.75, 3.05) is 6.67 Å². The highest BCUT2D eigenvalue weighted by atomic mass is 19.1. The van der Waals surface area contributed by atoms with Gasteiger partial charge in [0, 0.05) is 0 Å². The molecule has 0 spiro atoms. The van der Waals surface area contributed by atoms with Crippen LogP contribution in [-0.4, -0.2) is 6.67 Å². The first-order chi connectivity index (χ1) is 11.3. The van der Waals surface area contributed by atoms with Gasteiger partial charge in [-0.3, -0.25) is 4.39 Å². The van der Waals surface area contributed by atoms with Gasteiger partial charge in [-0.25, -0.2) is 0 Å². The fraction of sp³-hybridized carbons (Fsp3) is 0.571. The third-order valence-electron chi connectivity index (χ3n) is 5.03. The standard InChI is InChI=1S/C21H28FN/c22-16-4-2-1-3-5-18-6-8-19(9-7-18)10-11-20-12-14-21(17-23)15-13-20/h1,3,12-15,18-19H,2,4-11,16H2/b3-1+. The van der Waals surface area contributed by atoms with Gasteiger partial charge in [0.15, 0.2) is 0 Å². The number of alkyl halides is 1. The maximum atomic E-state index is 12.0. The molecule has 0 bridgehead atoms. The number of nitriles is 1. The predicted octanol–water partition coefficient (Wildman–Crippen LogP) is 5.99. The SMILES string of the molecule is N#Cc1ccc(CCC2CCC(C/C=C/CCCF)CC2)cc1. The summed E-state index contributed by atoms with van der Waals surface area (Å²) in [6, 6.07) is 10.2. The molecule has 1 fully saturated rings. The minimum absolute atomic E-state index is 0.200. The van der Waals surface area contributed by atoms with E-state index in [1.165, 1.54) is 44.1 Å². The first-order valence-corrected chi connectivity index (χ1v) is 9.02. The minimum atomic E-state index is -0.200. The number of nitrogens with zero attached hydrogens (tertiary/aromatic N) is 1. The molecule has 0 heterocycles. The fourth-order valence-corrected chi connectivity index (χ4v) is 3.47. The Balaban J connectivity index is 1.62. The van der Waals surface area contributed by atoms with Crippen LogP contribution in [0.25, 0.3) is 0 Å². The molecule has 1 aromatic carbocycles. The van der Waals surface area contributed by atoms with Crippen LogP contribution < -0.4 is 0 Å². The van der Waals surface area contributed by atoms with E-state index in [9.17, 15) is 4.39 Å². The largest absolute Gasteiger partial charge is 0.251 e. The Labute approximate surface area is 140 Å². The number of rotatable bonds is 8. The van der Waals surface area contributed by atoms with E-state index < -0.39 is 0 Å². The van der Waals surface area contributed by atoms with Crippen molar-refractivity contribution in [1.29, 1.82) is 5.26 Å². The number of halogens is 1. The minimum Gasteiger partial charge on any atom is -0.251 e. The summed E-state index contributed by atoms with van der Waals surface area (Å²) in [6.45, 7) is -0.200. The number of aryl methyl sites for hydroxylation is 1. The Bertz CT molecular complexity index is 504. The van der Waals surface area contributed by atoms with E-state index in [0.29, 0.717) is 6.42 Å². The smallest absolute Gasteiger partial charge is 0.0991 e. The second kappa shape index (κ2) is 10.2. The van der Waals surface area contributed by atoms with Crippen LogP contribution in [0.1, 0.15) is 62.5 Å². The lowest BCUT2D eigenvalue weighted by molar-refractivity contribution is 0.265. The molecule has 0 unspecified atom stereocenters. The molecule has 0 amide bonds. The Kier molecular flexibility index (Phi) is 7.87. The van der Waals surface area contributed by atoms with Gasteiger partial charge in [0.05, 0.1) is 18.3 Å². The highest BCUT2D eigenvalue weighted by Crippen LogP contribution is 2.33. The molecule has 2 rings (SSSR count). The number of hydrogen-bond donors (Lipinski definition) is 0. The van der Waals surface area contributed by atoms with Crippen LogP contribution in [0, 0.1) is 23.2 Å². The quantitative estimate of drug-likeness (QED) is 0.427. The zero-order valence-electron chi connectivity index (χ0n) is 14.0. The molecular formula is C21H28FN. The van der Waals surface area contributed by atoms with Crippen LogP contribution in [-0.2, 0) is 6.42 Å². The number of hydrogen-bond acceptors (Lipinski definition) is 1. The predicted molar refractivity (Wildman–Crippen MR) is 93.9 cm³/mol. The first-order valence-electron chi connectivity index (χ1n) is 9.02. The summed E-state index contributed by atoms with van der Waals surface area (Å²) in [6.07, 6.45) is 14.9. The molecule has 1 aliphatic carbocycles. The van der Waals surface area contributed by atoms with Crippen LogP contribution in [0.3, 0.4) is 0 Å². The van der Waals surface area contributed by atoms with Crippen molar-refractivity contribution in [3.63, 3.8) is 0 Å². The van der Waals surface area contributed by atoms with Gasteiger partial charge < -0.3 is 0 Å². The average molecular weight is 313 g/mol. The van der Waals surface area contributed by atoms with E-state index in [4.69, 9.17) is 5.26 Å². The third kappa shape index (κ3) is 6.57. The summed E-state index contributed by atoms with van der Waals surface area (Å²) in [7, 11) is 0. The summed E-state index contributed by atoms with van der Waals surface area (Å²) in [4.78, 5) is 0. The fourth-order valence-electron chi connectivity index (χ4n) is 3.47. The third-order valence-corrected chi connectivity index (χ3v) is 5.03. The Morgan fingerprint density at radius 2 is 1.74 bits per heavy atom. The molecule has 2 heteroatoms. The van der Waals surface area contributed by atoms with Gasteiger partial charge in [-0.15, -0.1) is 0 Å². The summed E-state index contributed by atoms with van der Waals surface area (Å²) >= 11 is 0. The highest BCUT2D eigenvalue weighted by Gasteiger charge is 2.20. The monoisotopic (exact) mass is 313 g/mol. The molecule has 0 N–H and O–H groups in total. The molecule has 0 aromatic heterocycles. The van der Waals surface area contributed by atoms with Gasteiger partial charge in [0.2, 0.25) is 0 Å². The van der Waals surface area contributed by atoms with E-state index in [0.717, 1.165) is 30.2 Å². The van der Waals surface area contributed by atoms with Crippen molar-refractivity contribution < 1.29 is 4.39 Å². The molecule has 1 aromatic rings. The molecule has 0 radical (unpaired) electrons. The Morgan fingerprint density at radius 1 is 1.04 bits per heavy atom. The lowest BCUT2D eigenvalue weighted by Gasteiger charge is -2.28. The van der Waals surface area contributed by atoms with E-state index in [2.05, 4.69) is 30.4 Å². The van der Waals surface area contributed by atoms with Crippen LogP contribution in [0.2, 0.25) is 0 Å². The topological polar surface area (TPSA) is 23.8 Å². The van der Waals surface area contributed by atoms with Gasteiger partial charge in [-0.2, -0.15) is 5.26 Å². The molecule has 1 aliphatic rings. The Hall–Kier alpha value is -1.62. The number of unbranched alkanes of at least 4 members (excludes halogenated alkanes) is 1. The van der Waals surface area contributed by atoms with Crippen LogP contribution in [0.4, 0.5) is 4.39 Å². The highest BCUT2D eigenvalue weighted by molar-refractivity contribution is 5.31. The van der Waals surface area contributed by atoms with Crippen LogP contribution >= 0.6 is 0 Å². The molecule has 1 saturated carbocycles. The van der Waals surface area contributed by atoms with Gasteiger partial charge in [-0.05, 0) is 74.5 Å². The zero-order chi connectivity index (χ0) is 16.3. The van der Waals surface area contributed by atoms with Gasteiger partial charge in [0.1, 0.15) is 0 Å². The number of benzene rings is 1. The van der Waals surface area contributed by atoms with Crippen molar-refractivity contribution in [2.24, 2.45) is 11.8 Å². The van der Waals surface area contributed by atoms with Crippen LogP contribution in [0.15, 0.2) is 36.4 Å².